The summed E-state index contributed by atoms with van der Waals surface area (Å²) in [4.78, 5) is 13.9. The van der Waals surface area contributed by atoms with E-state index >= 15 is 0 Å². The molecule has 0 unspecified atom stereocenters. The number of nitrogens with zero attached hydrogens (tertiary/aromatic N) is 1. The van der Waals surface area contributed by atoms with E-state index in [4.69, 9.17) is 6.42 Å². The molecule has 0 spiro atoms. The van der Waals surface area contributed by atoms with E-state index in [0.717, 1.165) is 11.4 Å². The van der Waals surface area contributed by atoms with Crippen molar-refractivity contribution < 1.29 is 0 Å². The number of H-pyrrole nitrogens is 1. The van der Waals surface area contributed by atoms with Crippen molar-refractivity contribution in [2.24, 2.45) is 0 Å². The number of hydrogen-bond acceptors (Lipinski definition) is 2. The van der Waals surface area contributed by atoms with E-state index in [1.807, 2.05) is 24.3 Å². The van der Waals surface area contributed by atoms with Crippen LogP contribution in [-0.2, 0) is 0 Å². The van der Waals surface area contributed by atoms with Gasteiger partial charge in [0.1, 0.15) is 0 Å². The number of anilines is 1. The monoisotopic (exact) mass is 213 g/mol. The van der Waals surface area contributed by atoms with Gasteiger partial charge in [-0.05, 0) is 24.3 Å². The molecule has 2 N–H and O–H groups in total. The SMILES string of the molecule is C#CCNc1ccc(-n2cc[nH]c2=O)cc1. The fourth-order valence-corrected chi connectivity index (χ4v) is 1.42. The molecule has 0 aliphatic heterocycles. The number of hydrogen-bond donors (Lipinski definition) is 2. The molecular weight excluding hydrogens is 202 g/mol. The highest BCUT2D eigenvalue weighted by molar-refractivity contribution is 5.49. The first-order valence-corrected chi connectivity index (χ1v) is 4.85. The van der Waals surface area contributed by atoms with Crippen molar-refractivity contribution in [2.45, 2.75) is 0 Å². The summed E-state index contributed by atoms with van der Waals surface area (Å²) in [5.41, 5.74) is 1.60. The zero-order valence-electron chi connectivity index (χ0n) is 8.60. The minimum absolute atomic E-state index is 0.149. The standard InChI is InChI=1S/C12H11N3O/c1-2-7-13-10-3-5-11(6-4-10)15-9-8-14-12(15)16/h1,3-6,8-9,13H,7H2,(H,14,16). The molecule has 0 fully saturated rings. The number of aromatic amines is 1. The fraction of sp³-hybridized carbons (Fsp3) is 0.0833. The third-order valence-corrected chi connectivity index (χ3v) is 2.19. The van der Waals surface area contributed by atoms with Crippen molar-refractivity contribution in [2.75, 3.05) is 11.9 Å². The molecule has 4 heteroatoms. The van der Waals surface area contributed by atoms with E-state index in [1.165, 1.54) is 4.57 Å². The summed E-state index contributed by atoms with van der Waals surface area (Å²) in [6.45, 7) is 0.490. The largest absolute Gasteiger partial charge is 0.374 e. The molecule has 2 rings (SSSR count). The molecule has 0 bridgehead atoms. The third-order valence-electron chi connectivity index (χ3n) is 2.19. The van der Waals surface area contributed by atoms with Gasteiger partial charge >= 0.3 is 5.69 Å². The Hall–Kier alpha value is -2.41. The molecule has 0 amide bonds. The van der Waals surface area contributed by atoms with Crippen LogP contribution in [0.3, 0.4) is 0 Å². The first-order chi connectivity index (χ1) is 7.81. The first kappa shape index (κ1) is 10.1. The molecule has 1 aromatic heterocycles. The molecule has 4 nitrogen and oxygen atoms in total. The number of nitrogens with one attached hydrogen (secondary N) is 2. The zero-order chi connectivity index (χ0) is 11.4. The second-order valence-corrected chi connectivity index (χ2v) is 3.24. The molecule has 16 heavy (non-hydrogen) atoms. The Labute approximate surface area is 92.9 Å². The zero-order valence-corrected chi connectivity index (χ0v) is 8.60. The van der Waals surface area contributed by atoms with Crippen LogP contribution in [0.1, 0.15) is 0 Å². The molecule has 0 radical (unpaired) electrons. The highest BCUT2D eigenvalue weighted by Gasteiger charge is 1.99. The minimum atomic E-state index is -0.149. The van der Waals surface area contributed by atoms with E-state index < -0.39 is 0 Å². The van der Waals surface area contributed by atoms with Gasteiger partial charge in [-0.1, -0.05) is 5.92 Å². The summed E-state index contributed by atoms with van der Waals surface area (Å²) in [5.74, 6) is 2.50. The summed E-state index contributed by atoms with van der Waals surface area (Å²) in [6, 6.07) is 7.47. The number of rotatable bonds is 3. The van der Waals surface area contributed by atoms with E-state index in [9.17, 15) is 4.79 Å². The Balaban J connectivity index is 2.24. The average molecular weight is 213 g/mol. The second-order valence-electron chi connectivity index (χ2n) is 3.24. The van der Waals surface area contributed by atoms with Gasteiger partial charge in [-0.2, -0.15) is 0 Å². The molecule has 1 heterocycles. The van der Waals surface area contributed by atoms with E-state index in [1.54, 1.807) is 12.4 Å². The van der Waals surface area contributed by atoms with Gasteiger partial charge in [-0.3, -0.25) is 4.57 Å². The lowest BCUT2D eigenvalue weighted by Crippen LogP contribution is -2.13. The van der Waals surface area contributed by atoms with Crippen LogP contribution in [0.2, 0.25) is 0 Å². The van der Waals surface area contributed by atoms with Crippen molar-refractivity contribution in [3.8, 4) is 18.0 Å². The number of aromatic nitrogens is 2. The second kappa shape index (κ2) is 4.41. The Morgan fingerprint density at radius 3 is 2.69 bits per heavy atom. The lowest BCUT2D eigenvalue weighted by molar-refractivity contribution is 0.987. The van der Waals surface area contributed by atoms with E-state index in [-0.39, 0.29) is 5.69 Å². The highest BCUT2D eigenvalue weighted by atomic mass is 16.1. The Bertz CT molecular complexity index is 557. The summed E-state index contributed by atoms with van der Waals surface area (Å²) in [7, 11) is 0. The Morgan fingerprint density at radius 1 is 1.38 bits per heavy atom. The lowest BCUT2D eigenvalue weighted by atomic mass is 10.3. The number of imidazole rings is 1. The van der Waals surface area contributed by atoms with E-state index in [2.05, 4.69) is 16.2 Å². The first-order valence-electron chi connectivity index (χ1n) is 4.85. The number of terminal acetylenes is 1. The van der Waals surface area contributed by atoms with Crippen LogP contribution < -0.4 is 11.0 Å². The smallest absolute Gasteiger partial charge is 0.330 e. The van der Waals surface area contributed by atoms with Crippen LogP contribution in [0, 0.1) is 12.3 Å². The van der Waals surface area contributed by atoms with Crippen LogP contribution in [-0.4, -0.2) is 16.1 Å². The molecule has 0 saturated carbocycles. The van der Waals surface area contributed by atoms with Crippen LogP contribution in [0.4, 0.5) is 5.69 Å². The summed E-state index contributed by atoms with van der Waals surface area (Å²) >= 11 is 0. The molecule has 0 saturated heterocycles. The Kier molecular flexibility index (Phi) is 2.79. The van der Waals surface area contributed by atoms with Crippen LogP contribution in [0.5, 0.6) is 0 Å². The van der Waals surface area contributed by atoms with Gasteiger partial charge in [-0.15, -0.1) is 6.42 Å². The minimum Gasteiger partial charge on any atom is -0.374 e. The normalized spacial score (nSPS) is 9.69. The third kappa shape index (κ3) is 1.98. The quantitative estimate of drug-likeness (QED) is 0.753. The molecule has 80 valence electrons. The van der Waals surface area contributed by atoms with Gasteiger partial charge in [0.15, 0.2) is 0 Å². The van der Waals surface area contributed by atoms with Gasteiger partial charge in [0.2, 0.25) is 0 Å². The molecule has 2 aromatic rings. The Morgan fingerprint density at radius 2 is 2.12 bits per heavy atom. The summed E-state index contributed by atoms with van der Waals surface area (Å²) in [5, 5.41) is 3.05. The molecule has 0 aliphatic carbocycles. The van der Waals surface area contributed by atoms with Crippen molar-refractivity contribution >= 4 is 5.69 Å². The highest BCUT2D eigenvalue weighted by Crippen LogP contribution is 2.11. The van der Waals surface area contributed by atoms with Crippen LogP contribution >= 0.6 is 0 Å². The van der Waals surface area contributed by atoms with E-state index in [0.29, 0.717) is 6.54 Å². The maximum atomic E-state index is 11.3. The van der Waals surface area contributed by atoms with Crippen LogP contribution in [0.25, 0.3) is 5.69 Å². The van der Waals surface area contributed by atoms with Gasteiger partial charge in [0, 0.05) is 18.1 Å². The summed E-state index contributed by atoms with van der Waals surface area (Å²) < 4.78 is 1.53. The summed E-state index contributed by atoms with van der Waals surface area (Å²) in [6.07, 6.45) is 8.43. The molecule has 0 atom stereocenters. The maximum absolute atomic E-state index is 11.3. The predicted octanol–water partition coefficient (Wildman–Crippen LogP) is 1.21. The van der Waals surface area contributed by atoms with Gasteiger partial charge in [-0.25, -0.2) is 4.79 Å². The topological polar surface area (TPSA) is 49.8 Å². The lowest BCUT2D eigenvalue weighted by Gasteiger charge is -2.04. The van der Waals surface area contributed by atoms with Crippen molar-refractivity contribution in [3.05, 3.63) is 47.1 Å². The maximum Gasteiger partial charge on any atom is 0.330 e. The molecule has 1 aromatic carbocycles. The predicted molar refractivity (Wildman–Crippen MR) is 63.7 cm³/mol. The molecular formula is C12H11N3O. The average Bonchev–Trinajstić information content (AvgIpc) is 2.74. The van der Waals surface area contributed by atoms with Gasteiger partial charge in [0.05, 0.1) is 12.2 Å². The van der Waals surface area contributed by atoms with Gasteiger partial charge in [0.25, 0.3) is 0 Å². The van der Waals surface area contributed by atoms with Gasteiger partial charge < -0.3 is 10.3 Å². The van der Waals surface area contributed by atoms with Crippen LogP contribution in [0.15, 0.2) is 41.5 Å². The van der Waals surface area contributed by atoms with Crippen molar-refractivity contribution in [3.63, 3.8) is 0 Å². The molecule has 0 aliphatic rings. The van der Waals surface area contributed by atoms with Crippen molar-refractivity contribution in [1.29, 1.82) is 0 Å². The number of benzene rings is 1. The fourth-order valence-electron chi connectivity index (χ4n) is 1.42. The van der Waals surface area contributed by atoms with Crippen molar-refractivity contribution in [1.82, 2.24) is 9.55 Å².